The van der Waals surface area contributed by atoms with E-state index in [1.54, 1.807) is 0 Å². The van der Waals surface area contributed by atoms with Crippen LogP contribution in [0, 0.1) is 0 Å². The third-order valence-corrected chi connectivity index (χ3v) is 6.05. The van der Waals surface area contributed by atoms with Crippen molar-refractivity contribution < 1.29 is 9.90 Å². The van der Waals surface area contributed by atoms with Crippen molar-refractivity contribution in [2.24, 2.45) is 0 Å². The molecule has 2 aromatic heterocycles. The van der Waals surface area contributed by atoms with Crippen LogP contribution in [0.25, 0.3) is 10.9 Å². The second kappa shape index (κ2) is 9.33. The van der Waals surface area contributed by atoms with Gasteiger partial charge in [0.05, 0.1) is 6.42 Å². The van der Waals surface area contributed by atoms with E-state index < -0.39 is 5.97 Å². The second-order valence-electron chi connectivity index (χ2n) is 8.42. The van der Waals surface area contributed by atoms with Gasteiger partial charge in [-0.2, -0.15) is 0 Å². The van der Waals surface area contributed by atoms with Crippen molar-refractivity contribution in [2.75, 3.05) is 11.9 Å². The number of carboxylic acids is 1. The molecule has 0 fully saturated rings. The minimum Gasteiger partial charge on any atom is -0.481 e. The molecule has 5 nitrogen and oxygen atoms in total. The standard InChI is InChI=1S/C25H31N3O2/c1-2-5-19(16-24(29)30)23-15-20-14-17(9-12-22(20)28-23)6-3-8-21-11-10-18-7-4-13-26-25(18)27-21/h9-12,14-15,19,28H,2-8,13,16H2,1H3,(H,26,27)(H,29,30). The largest absolute Gasteiger partial charge is 0.481 e. The Morgan fingerprint density at radius 2 is 2.10 bits per heavy atom. The molecule has 0 saturated carbocycles. The molecule has 5 heteroatoms. The number of hydrogen-bond acceptors (Lipinski definition) is 3. The normalized spacial score (nSPS) is 14.3. The van der Waals surface area contributed by atoms with Gasteiger partial charge in [-0.3, -0.25) is 4.79 Å². The lowest BCUT2D eigenvalue weighted by Gasteiger charge is -2.17. The van der Waals surface area contributed by atoms with Crippen LogP contribution in [0.2, 0.25) is 0 Å². The predicted molar refractivity (Wildman–Crippen MR) is 121 cm³/mol. The number of aliphatic carboxylic acids is 1. The van der Waals surface area contributed by atoms with E-state index in [0.29, 0.717) is 0 Å². The van der Waals surface area contributed by atoms with E-state index in [4.69, 9.17) is 4.98 Å². The summed E-state index contributed by atoms with van der Waals surface area (Å²) in [6, 6.07) is 13.1. The number of carboxylic acid groups (broad SMARTS) is 1. The summed E-state index contributed by atoms with van der Waals surface area (Å²) in [5, 5.41) is 13.8. The number of nitrogens with zero attached hydrogens (tertiary/aromatic N) is 1. The molecular formula is C25H31N3O2. The van der Waals surface area contributed by atoms with Crippen LogP contribution in [-0.2, 0) is 24.1 Å². The number of anilines is 1. The average molecular weight is 406 g/mol. The number of carbonyl (C=O) groups is 1. The van der Waals surface area contributed by atoms with E-state index in [-0.39, 0.29) is 12.3 Å². The third kappa shape index (κ3) is 4.84. The zero-order valence-electron chi connectivity index (χ0n) is 17.7. The number of fused-ring (bicyclic) bond motifs is 2. The molecule has 4 rings (SSSR count). The lowest BCUT2D eigenvalue weighted by Crippen LogP contribution is -2.14. The van der Waals surface area contributed by atoms with Gasteiger partial charge in [-0.05, 0) is 79.3 Å². The maximum atomic E-state index is 11.2. The molecule has 0 spiro atoms. The SMILES string of the molecule is CCCC(CC(=O)O)c1cc2cc(CCCc3ccc4c(n3)NCCC4)ccc2[nH]1. The molecule has 1 aliphatic rings. The molecule has 1 aromatic carbocycles. The third-order valence-electron chi connectivity index (χ3n) is 6.05. The van der Waals surface area contributed by atoms with Gasteiger partial charge in [0.25, 0.3) is 0 Å². The smallest absolute Gasteiger partial charge is 0.304 e. The molecule has 3 heterocycles. The summed E-state index contributed by atoms with van der Waals surface area (Å²) in [7, 11) is 0. The van der Waals surface area contributed by atoms with Crippen molar-refractivity contribution in [3.63, 3.8) is 0 Å². The number of benzene rings is 1. The first-order valence-electron chi connectivity index (χ1n) is 11.2. The first-order valence-corrected chi connectivity index (χ1v) is 11.2. The van der Waals surface area contributed by atoms with Crippen LogP contribution in [0.15, 0.2) is 36.4 Å². The number of rotatable bonds is 9. The number of pyridine rings is 1. The van der Waals surface area contributed by atoms with E-state index in [1.165, 1.54) is 22.9 Å². The number of hydrogen-bond donors (Lipinski definition) is 3. The Balaban J connectivity index is 1.40. The zero-order valence-corrected chi connectivity index (χ0v) is 17.7. The Morgan fingerprint density at radius 3 is 2.93 bits per heavy atom. The number of H-pyrrole nitrogens is 1. The van der Waals surface area contributed by atoms with Crippen LogP contribution in [0.5, 0.6) is 0 Å². The highest BCUT2D eigenvalue weighted by Crippen LogP contribution is 2.28. The quantitative estimate of drug-likeness (QED) is 0.442. The fourth-order valence-corrected chi connectivity index (χ4v) is 4.49. The molecule has 0 radical (unpaired) electrons. The molecule has 1 unspecified atom stereocenters. The summed E-state index contributed by atoms with van der Waals surface area (Å²) in [5.74, 6) is 0.383. The molecule has 0 saturated heterocycles. The van der Waals surface area contributed by atoms with Crippen molar-refractivity contribution in [1.29, 1.82) is 0 Å². The van der Waals surface area contributed by atoms with Gasteiger partial charge in [-0.25, -0.2) is 4.98 Å². The van der Waals surface area contributed by atoms with Gasteiger partial charge in [0.2, 0.25) is 0 Å². The molecule has 0 aliphatic carbocycles. The summed E-state index contributed by atoms with van der Waals surface area (Å²) in [4.78, 5) is 19.5. The van der Waals surface area contributed by atoms with Gasteiger partial charge in [0.1, 0.15) is 5.82 Å². The summed E-state index contributed by atoms with van der Waals surface area (Å²) in [6.45, 7) is 3.12. The molecule has 0 bridgehead atoms. The molecule has 30 heavy (non-hydrogen) atoms. The lowest BCUT2D eigenvalue weighted by molar-refractivity contribution is -0.137. The summed E-state index contributed by atoms with van der Waals surface area (Å²) < 4.78 is 0. The minimum atomic E-state index is -0.737. The predicted octanol–water partition coefficient (Wildman–Crippen LogP) is 5.45. The van der Waals surface area contributed by atoms with Crippen LogP contribution < -0.4 is 5.32 Å². The maximum Gasteiger partial charge on any atom is 0.304 e. The fraction of sp³-hybridized carbons (Fsp3) is 0.440. The van der Waals surface area contributed by atoms with Crippen LogP contribution in [0.1, 0.15) is 67.5 Å². The Bertz CT molecular complexity index is 1020. The van der Waals surface area contributed by atoms with E-state index in [2.05, 4.69) is 53.6 Å². The van der Waals surface area contributed by atoms with Crippen LogP contribution in [0.3, 0.4) is 0 Å². The van der Waals surface area contributed by atoms with Crippen molar-refractivity contribution >= 4 is 22.7 Å². The van der Waals surface area contributed by atoms with Crippen LogP contribution in [0.4, 0.5) is 5.82 Å². The van der Waals surface area contributed by atoms with Crippen molar-refractivity contribution in [3.05, 3.63) is 58.9 Å². The molecule has 0 amide bonds. The molecule has 3 N–H and O–H groups in total. The first-order chi connectivity index (χ1) is 14.6. The number of aromatic amines is 1. The van der Waals surface area contributed by atoms with Crippen LogP contribution >= 0.6 is 0 Å². The summed E-state index contributed by atoms with van der Waals surface area (Å²) in [5.41, 5.74) is 5.93. The summed E-state index contributed by atoms with van der Waals surface area (Å²) in [6.07, 6.45) is 7.40. The molecule has 3 aromatic rings. The Morgan fingerprint density at radius 1 is 1.20 bits per heavy atom. The topological polar surface area (TPSA) is 78.0 Å². The second-order valence-corrected chi connectivity index (χ2v) is 8.42. The molecule has 158 valence electrons. The van der Waals surface area contributed by atoms with E-state index >= 15 is 0 Å². The Hall–Kier alpha value is -2.82. The van der Waals surface area contributed by atoms with Gasteiger partial charge in [0, 0.05) is 29.4 Å². The highest BCUT2D eigenvalue weighted by Gasteiger charge is 2.17. The molecule has 1 aliphatic heterocycles. The maximum absolute atomic E-state index is 11.2. The highest BCUT2D eigenvalue weighted by molar-refractivity contribution is 5.81. The van der Waals surface area contributed by atoms with Crippen molar-refractivity contribution in [1.82, 2.24) is 9.97 Å². The monoisotopic (exact) mass is 405 g/mol. The van der Waals surface area contributed by atoms with E-state index in [0.717, 1.165) is 67.8 Å². The number of nitrogens with one attached hydrogen (secondary N) is 2. The van der Waals surface area contributed by atoms with Gasteiger partial charge in [-0.15, -0.1) is 0 Å². The first kappa shape index (κ1) is 20.5. The average Bonchev–Trinajstić information content (AvgIpc) is 3.16. The van der Waals surface area contributed by atoms with E-state index in [9.17, 15) is 9.90 Å². The Labute approximate surface area is 177 Å². The van der Waals surface area contributed by atoms with Gasteiger partial charge >= 0.3 is 5.97 Å². The summed E-state index contributed by atoms with van der Waals surface area (Å²) >= 11 is 0. The highest BCUT2D eigenvalue weighted by atomic mass is 16.4. The minimum absolute atomic E-state index is 0.0482. The van der Waals surface area contributed by atoms with Gasteiger partial charge < -0.3 is 15.4 Å². The lowest BCUT2D eigenvalue weighted by atomic mass is 9.96. The molecule has 1 atom stereocenters. The fourth-order valence-electron chi connectivity index (χ4n) is 4.49. The number of aromatic nitrogens is 2. The zero-order chi connectivity index (χ0) is 20.9. The van der Waals surface area contributed by atoms with Gasteiger partial charge in [0.15, 0.2) is 0 Å². The van der Waals surface area contributed by atoms with Crippen molar-refractivity contribution in [3.8, 4) is 0 Å². The van der Waals surface area contributed by atoms with Crippen LogP contribution in [-0.4, -0.2) is 27.6 Å². The van der Waals surface area contributed by atoms with Gasteiger partial charge in [-0.1, -0.05) is 25.5 Å². The van der Waals surface area contributed by atoms with Crippen molar-refractivity contribution in [2.45, 2.75) is 64.2 Å². The number of aryl methyl sites for hydroxylation is 3. The van der Waals surface area contributed by atoms with E-state index in [1.807, 2.05) is 0 Å². The Kier molecular flexibility index (Phi) is 6.36. The molecular weight excluding hydrogens is 374 g/mol.